The van der Waals surface area contributed by atoms with Crippen molar-refractivity contribution in [2.24, 2.45) is 11.8 Å². The van der Waals surface area contributed by atoms with E-state index in [1.54, 1.807) is 48.5 Å². The third-order valence-electron chi connectivity index (χ3n) is 8.10. The highest BCUT2D eigenvalue weighted by atomic mass is 35.5. The van der Waals surface area contributed by atoms with Gasteiger partial charge in [-0.1, -0.05) is 115 Å². The Morgan fingerprint density at radius 1 is 0.854 bits per heavy atom. The summed E-state index contributed by atoms with van der Waals surface area (Å²) >= 11 is 6.35. The topological polar surface area (TPSA) is 86.7 Å². The number of amides is 2. The number of hydrogen-bond donors (Lipinski definition) is 2. The number of carboxylic acids is 1. The highest BCUT2D eigenvalue weighted by Crippen LogP contribution is 2.53. The second-order valence-corrected chi connectivity index (χ2v) is 10.9. The van der Waals surface area contributed by atoms with Crippen molar-refractivity contribution in [1.82, 2.24) is 5.32 Å². The van der Waals surface area contributed by atoms with Gasteiger partial charge in [0, 0.05) is 11.1 Å². The summed E-state index contributed by atoms with van der Waals surface area (Å²) in [6.45, 7) is 1.83. The van der Waals surface area contributed by atoms with E-state index in [0.717, 1.165) is 27.2 Å². The van der Waals surface area contributed by atoms with E-state index in [2.05, 4.69) is 5.32 Å². The highest BCUT2D eigenvalue weighted by Gasteiger charge is 2.69. The summed E-state index contributed by atoms with van der Waals surface area (Å²) in [6, 6.07) is 30.4. The van der Waals surface area contributed by atoms with E-state index in [4.69, 9.17) is 11.6 Å². The highest BCUT2D eigenvalue weighted by molar-refractivity contribution is 6.32. The molecule has 0 aromatic heterocycles. The molecular weight excluding hydrogens is 536 g/mol. The van der Waals surface area contributed by atoms with E-state index in [9.17, 15) is 19.5 Å². The van der Waals surface area contributed by atoms with E-state index >= 15 is 0 Å². The van der Waals surface area contributed by atoms with Crippen LogP contribution in [0.5, 0.6) is 0 Å². The van der Waals surface area contributed by atoms with Crippen LogP contribution in [0.1, 0.15) is 33.9 Å². The molecule has 41 heavy (non-hydrogen) atoms. The smallest absolute Gasteiger partial charge is 0.329 e. The molecule has 6 nitrogen and oxygen atoms in total. The van der Waals surface area contributed by atoms with Gasteiger partial charge in [-0.25, -0.2) is 9.69 Å². The first-order valence-corrected chi connectivity index (χ1v) is 13.7. The molecule has 4 atom stereocenters. The lowest BCUT2D eigenvalue weighted by molar-refractivity contribution is -0.149. The molecule has 2 aliphatic heterocycles. The van der Waals surface area contributed by atoms with Crippen LogP contribution in [-0.2, 0) is 19.9 Å². The van der Waals surface area contributed by atoms with E-state index in [1.807, 2.05) is 73.7 Å². The van der Waals surface area contributed by atoms with Crippen molar-refractivity contribution in [2.75, 3.05) is 4.90 Å². The Labute approximate surface area is 242 Å². The summed E-state index contributed by atoms with van der Waals surface area (Å²) in [5.41, 5.74) is 2.48. The van der Waals surface area contributed by atoms with Crippen molar-refractivity contribution in [3.05, 3.63) is 136 Å². The van der Waals surface area contributed by atoms with Crippen molar-refractivity contribution in [1.29, 1.82) is 0 Å². The van der Waals surface area contributed by atoms with Crippen LogP contribution in [0.2, 0.25) is 5.02 Å². The van der Waals surface area contributed by atoms with Gasteiger partial charge in [0.25, 0.3) is 0 Å². The fraction of sp³-hybridized carbons (Fsp3) is 0.147. The van der Waals surface area contributed by atoms with Gasteiger partial charge in [0.1, 0.15) is 0 Å². The number of imide groups is 1. The molecule has 0 aliphatic carbocycles. The molecule has 4 aromatic rings. The summed E-state index contributed by atoms with van der Waals surface area (Å²) in [4.78, 5) is 42.4. The van der Waals surface area contributed by atoms with Crippen LogP contribution >= 0.6 is 11.6 Å². The fourth-order valence-corrected chi connectivity index (χ4v) is 6.20. The molecule has 0 radical (unpaired) electrons. The number of rotatable bonds is 6. The molecule has 0 saturated carbocycles. The van der Waals surface area contributed by atoms with Gasteiger partial charge in [-0.3, -0.25) is 14.9 Å². The molecule has 4 aromatic carbocycles. The second-order valence-electron chi connectivity index (χ2n) is 10.5. The number of carboxylic acid groups (broad SMARTS) is 1. The monoisotopic (exact) mass is 562 g/mol. The van der Waals surface area contributed by atoms with Crippen LogP contribution in [0.4, 0.5) is 5.69 Å². The van der Waals surface area contributed by atoms with Gasteiger partial charge in [0.15, 0.2) is 5.54 Å². The Morgan fingerprint density at radius 2 is 1.46 bits per heavy atom. The molecule has 2 heterocycles. The molecule has 204 valence electrons. The lowest BCUT2D eigenvalue weighted by Gasteiger charge is -2.31. The Bertz CT molecular complexity index is 1670. The van der Waals surface area contributed by atoms with Crippen LogP contribution in [0.15, 0.2) is 103 Å². The minimum atomic E-state index is -1.81. The summed E-state index contributed by atoms with van der Waals surface area (Å²) in [5.74, 6) is -4.34. The third kappa shape index (κ3) is 4.46. The molecule has 2 saturated heterocycles. The van der Waals surface area contributed by atoms with Crippen molar-refractivity contribution in [3.63, 3.8) is 0 Å². The predicted octanol–water partition coefficient (Wildman–Crippen LogP) is 6.25. The van der Waals surface area contributed by atoms with Gasteiger partial charge in [-0.2, -0.15) is 0 Å². The Morgan fingerprint density at radius 3 is 2.07 bits per heavy atom. The number of nitrogens with one attached hydrogen (secondary N) is 1. The largest absolute Gasteiger partial charge is 0.480 e. The van der Waals surface area contributed by atoms with E-state index in [-0.39, 0.29) is 0 Å². The van der Waals surface area contributed by atoms with E-state index in [0.29, 0.717) is 16.3 Å². The maximum atomic E-state index is 14.1. The van der Waals surface area contributed by atoms with Crippen molar-refractivity contribution >= 4 is 47.2 Å². The third-order valence-corrected chi connectivity index (χ3v) is 8.51. The van der Waals surface area contributed by atoms with Crippen LogP contribution in [0.3, 0.4) is 0 Å². The molecule has 2 amide bonds. The summed E-state index contributed by atoms with van der Waals surface area (Å²) in [7, 11) is 0. The SMILES string of the molecule is Cc1ccc(N2C(=O)C3C(c4ccc(C=Cc5ccccc5)cc4)NC(C(=O)O)(c4ccccc4)C3C2=O)cc1Cl. The van der Waals surface area contributed by atoms with Crippen molar-refractivity contribution < 1.29 is 19.5 Å². The quantitative estimate of drug-likeness (QED) is 0.214. The van der Waals surface area contributed by atoms with Gasteiger partial charge in [0.05, 0.1) is 17.5 Å². The van der Waals surface area contributed by atoms with Crippen molar-refractivity contribution in [3.8, 4) is 0 Å². The number of benzene rings is 4. The standard InChI is InChI=1S/C34H27ClN2O4/c1-21-12-19-26(20-27(21)35)37-31(38)28-29(32(37)39)34(33(40)41,25-10-6-3-7-11-25)36-30(28)24-17-15-23(16-18-24)14-13-22-8-4-2-5-9-22/h2-20,28-30,36H,1H3,(H,40,41). The average Bonchev–Trinajstić information content (AvgIpc) is 3.49. The fourth-order valence-electron chi connectivity index (χ4n) is 6.03. The zero-order valence-electron chi connectivity index (χ0n) is 22.2. The molecule has 0 bridgehead atoms. The predicted molar refractivity (Wildman–Crippen MR) is 159 cm³/mol. The molecule has 4 unspecified atom stereocenters. The van der Waals surface area contributed by atoms with Gasteiger partial charge >= 0.3 is 5.97 Å². The molecule has 7 heteroatoms. The number of aliphatic carboxylic acids is 1. The second kappa shape index (κ2) is 10.5. The van der Waals surface area contributed by atoms with E-state index in [1.165, 1.54) is 0 Å². The van der Waals surface area contributed by atoms with E-state index < -0.39 is 41.2 Å². The molecule has 2 N–H and O–H groups in total. The van der Waals surface area contributed by atoms with Gasteiger partial charge < -0.3 is 5.11 Å². The van der Waals surface area contributed by atoms with Gasteiger partial charge in [0.2, 0.25) is 11.8 Å². The number of halogens is 1. The maximum Gasteiger partial charge on any atom is 0.329 e. The Hall–Kier alpha value is -4.52. The number of nitrogens with zero attached hydrogens (tertiary/aromatic N) is 1. The normalized spacial score (nSPS) is 23.8. The first-order chi connectivity index (χ1) is 19.8. The number of fused-ring (bicyclic) bond motifs is 1. The lowest BCUT2D eigenvalue weighted by Crippen LogP contribution is -2.53. The summed E-state index contributed by atoms with van der Waals surface area (Å²) in [6.07, 6.45) is 4.00. The van der Waals surface area contributed by atoms with Gasteiger partial charge in [-0.15, -0.1) is 0 Å². The number of hydrogen-bond acceptors (Lipinski definition) is 4. The number of aryl methyl sites for hydroxylation is 1. The van der Waals surface area contributed by atoms with Crippen LogP contribution < -0.4 is 10.2 Å². The van der Waals surface area contributed by atoms with Gasteiger partial charge in [-0.05, 0) is 46.9 Å². The Kier molecular flexibility index (Phi) is 6.81. The minimum absolute atomic E-state index is 0.331. The zero-order chi connectivity index (χ0) is 28.7. The lowest BCUT2D eigenvalue weighted by atomic mass is 9.75. The molecule has 0 spiro atoms. The first-order valence-electron chi connectivity index (χ1n) is 13.3. The molecule has 6 rings (SSSR count). The van der Waals surface area contributed by atoms with Crippen molar-refractivity contribution in [2.45, 2.75) is 18.5 Å². The minimum Gasteiger partial charge on any atom is -0.480 e. The average molecular weight is 563 g/mol. The number of anilines is 1. The first kappa shape index (κ1) is 26.7. The Balaban J connectivity index is 1.43. The summed E-state index contributed by atoms with van der Waals surface area (Å²) in [5, 5.41) is 14.4. The molecular formula is C34H27ClN2O4. The van der Waals surface area contributed by atoms with Crippen LogP contribution in [-0.4, -0.2) is 22.9 Å². The van der Waals surface area contributed by atoms with Crippen LogP contribution in [0.25, 0.3) is 12.2 Å². The molecule has 2 fully saturated rings. The summed E-state index contributed by atoms with van der Waals surface area (Å²) < 4.78 is 0. The molecule has 2 aliphatic rings. The number of carbonyl (C=O) groups excluding carboxylic acids is 2. The maximum absolute atomic E-state index is 14.1. The zero-order valence-corrected chi connectivity index (χ0v) is 23.0. The van der Waals surface area contributed by atoms with Crippen LogP contribution in [0, 0.1) is 18.8 Å². The number of carbonyl (C=O) groups is 3.